The minimum absolute atomic E-state index is 0.307. The van der Waals surface area contributed by atoms with Gasteiger partial charge < -0.3 is 14.5 Å². The fourth-order valence-electron chi connectivity index (χ4n) is 3.70. The van der Waals surface area contributed by atoms with Crippen molar-refractivity contribution in [3.05, 3.63) is 65.0 Å². The summed E-state index contributed by atoms with van der Waals surface area (Å²) in [6, 6.07) is 9.47. The monoisotopic (exact) mass is 415 g/mol. The SMILES string of the molecule is COc1cccc2c(C)cc(N3CCN(C(=O)c4ccc(F)c(F)c4F)CC3)nc12. The van der Waals surface area contributed by atoms with Crippen molar-refractivity contribution in [1.29, 1.82) is 0 Å². The van der Waals surface area contributed by atoms with Gasteiger partial charge in [0.1, 0.15) is 17.1 Å². The molecular formula is C22H20F3N3O2. The molecule has 0 N–H and O–H groups in total. The van der Waals surface area contributed by atoms with Gasteiger partial charge in [0.2, 0.25) is 0 Å². The number of halogens is 3. The Labute approximate surface area is 171 Å². The summed E-state index contributed by atoms with van der Waals surface area (Å²) in [5.41, 5.74) is 1.35. The number of ether oxygens (including phenoxy) is 1. The zero-order chi connectivity index (χ0) is 21.4. The highest BCUT2D eigenvalue weighted by Crippen LogP contribution is 2.29. The molecule has 0 aliphatic carbocycles. The lowest BCUT2D eigenvalue weighted by molar-refractivity contribution is 0.0740. The van der Waals surface area contributed by atoms with Crippen LogP contribution in [0.2, 0.25) is 0 Å². The molecule has 0 spiro atoms. The third-order valence-electron chi connectivity index (χ3n) is 5.37. The molecule has 0 atom stereocenters. The van der Waals surface area contributed by atoms with Crippen LogP contribution in [-0.2, 0) is 0 Å². The van der Waals surface area contributed by atoms with E-state index in [0.717, 1.165) is 34.4 Å². The Balaban J connectivity index is 1.54. The van der Waals surface area contributed by atoms with Crippen LogP contribution in [0.3, 0.4) is 0 Å². The minimum Gasteiger partial charge on any atom is -0.494 e. The van der Waals surface area contributed by atoms with E-state index in [2.05, 4.69) is 0 Å². The first kappa shape index (κ1) is 20.0. The van der Waals surface area contributed by atoms with E-state index >= 15 is 0 Å². The van der Waals surface area contributed by atoms with E-state index in [1.54, 1.807) is 7.11 Å². The van der Waals surface area contributed by atoms with Crippen molar-refractivity contribution in [2.45, 2.75) is 6.92 Å². The molecule has 156 valence electrons. The lowest BCUT2D eigenvalue weighted by Crippen LogP contribution is -2.49. The van der Waals surface area contributed by atoms with Gasteiger partial charge in [-0.3, -0.25) is 4.79 Å². The Morgan fingerprint density at radius 2 is 1.77 bits per heavy atom. The van der Waals surface area contributed by atoms with Crippen molar-refractivity contribution in [3.63, 3.8) is 0 Å². The summed E-state index contributed by atoms with van der Waals surface area (Å²) >= 11 is 0. The molecule has 0 saturated carbocycles. The molecule has 1 amide bonds. The van der Waals surface area contributed by atoms with Crippen LogP contribution in [0.25, 0.3) is 10.9 Å². The largest absolute Gasteiger partial charge is 0.494 e. The molecule has 2 aromatic carbocycles. The molecule has 2 heterocycles. The van der Waals surface area contributed by atoms with Crippen molar-refractivity contribution in [3.8, 4) is 5.75 Å². The number of methoxy groups -OCH3 is 1. The van der Waals surface area contributed by atoms with Gasteiger partial charge in [-0.25, -0.2) is 18.2 Å². The number of anilines is 1. The van der Waals surface area contributed by atoms with Crippen molar-refractivity contribution < 1.29 is 22.7 Å². The summed E-state index contributed by atoms with van der Waals surface area (Å²) in [6.45, 7) is 3.57. The quantitative estimate of drug-likeness (QED) is 0.608. The summed E-state index contributed by atoms with van der Waals surface area (Å²) in [6.07, 6.45) is 0. The van der Waals surface area contributed by atoms with Crippen LogP contribution in [0, 0.1) is 24.4 Å². The molecule has 0 unspecified atom stereocenters. The van der Waals surface area contributed by atoms with Gasteiger partial charge in [0, 0.05) is 31.6 Å². The van der Waals surface area contributed by atoms with Crippen LogP contribution in [0.5, 0.6) is 5.75 Å². The molecule has 1 fully saturated rings. The molecule has 1 aliphatic rings. The third kappa shape index (κ3) is 3.42. The number of pyridine rings is 1. The van der Waals surface area contributed by atoms with Crippen molar-refractivity contribution >= 4 is 22.6 Å². The summed E-state index contributed by atoms with van der Waals surface area (Å²) in [7, 11) is 1.60. The van der Waals surface area contributed by atoms with E-state index in [1.165, 1.54) is 4.90 Å². The maximum absolute atomic E-state index is 14.0. The fraction of sp³-hybridized carbons (Fsp3) is 0.273. The molecule has 0 radical (unpaired) electrons. The number of carbonyl (C=O) groups is 1. The maximum Gasteiger partial charge on any atom is 0.257 e. The highest BCUT2D eigenvalue weighted by molar-refractivity contribution is 5.94. The Bertz CT molecular complexity index is 1130. The Hall–Kier alpha value is -3.29. The van der Waals surface area contributed by atoms with Crippen LogP contribution in [0.4, 0.5) is 19.0 Å². The first-order valence-electron chi connectivity index (χ1n) is 9.52. The summed E-state index contributed by atoms with van der Waals surface area (Å²) < 4.78 is 46.0. The Kier molecular flexibility index (Phi) is 5.24. The average molecular weight is 415 g/mol. The number of rotatable bonds is 3. The molecule has 3 aromatic rings. The molecule has 5 nitrogen and oxygen atoms in total. The Morgan fingerprint density at radius 3 is 2.47 bits per heavy atom. The number of carbonyl (C=O) groups excluding carboxylic acids is 1. The van der Waals surface area contributed by atoms with Crippen LogP contribution >= 0.6 is 0 Å². The molecule has 8 heteroatoms. The second-order valence-electron chi connectivity index (χ2n) is 7.16. The molecule has 30 heavy (non-hydrogen) atoms. The summed E-state index contributed by atoms with van der Waals surface area (Å²) in [5.74, 6) is -3.63. The fourth-order valence-corrected chi connectivity index (χ4v) is 3.70. The van der Waals surface area contributed by atoms with Crippen LogP contribution in [0.15, 0.2) is 36.4 Å². The zero-order valence-electron chi connectivity index (χ0n) is 16.6. The Morgan fingerprint density at radius 1 is 1.03 bits per heavy atom. The highest BCUT2D eigenvalue weighted by Gasteiger charge is 2.27. The van der Waals surface area contributed by atoms with Crippen molar-refractivity contribution in [2.24, 2.45) is 0 Å². The van der Waals surface area contributed by atoms with E-state index in [0.29, 0.717) is 31.9 Å². The highest BCUT2D eigenvalue weighted by atomic mass is 19.2. The van der Waals surface area contributed by atoms with Gasteiger partial charge in [-0.15, -0.1) is 0 Å². The van der Waals surface area contributed by atoms with E-state index in [4.69, 9.17) is 9.72 Å². The number of aryl methyl sites for hydroxylation is 1. The molecule has 0 bridgehead atoms. The average Bonchev–Trinajstić information content (AvgIpc) is 2.77. The van der Waals surface area contributed by atoms with Gasteiger partial charge >= 0.3 is 0 Å². The number of piperazine rings is 1. The molecular weight excluding hydrogens is 395 g/mol. The van der Waals surface area contributed by atoms with Gasteiger partial charge in [-0.2, -0.15) is 0 Å². The predicted molar refractivity (Wildman–Crippen MR) is 107 cm³/mol. The number of aromatic nitrogens is 1. The predicted octanol–water partition coefficient (Wildman–Crippen LogP) is 3.93. The zero-order valence-corrected chi connectivity index (χ0v) is 16.6. The van der Waals surface area contributed by atoms with E-state index in [-0.39, 0.29) is 0 Å². The number of amides is 1. The minimum atomic E-state index is -1.63. The van der Waals surface area contributed by atoms with Crippen LogP contribution in [-0.4, -0.2) is 49.1 Å². The van der Waals surface area contributed by atoms with Crippen LogP contribution < -0.4 is 9.64 Å². The molecule has 4 rings (SSSR count). The van der Waals surface area contributed by atoms with E-state index in [1.807, 2.05) is 36.1 Å². The van der Waals surface area contributed by atoms with Crippen molar-refractivity contribution in [1.82, 2.24) is 9.88 Å². The van der Waals surface area contributed by atoms with Gasteiger partial charge in [0.15, 0.2) is 17.5 Å². The maximum atomic E-state index is 14.0. The number of hydrogen-bond donors (Lipinski definition) is 0. The lowest BCUT2D eigenvalue weighted by Gasteiger charge is -2.35. The van der Waals surface area contributed by atoms with Crippen LogP contribution in [0.1, 0.15) is 15.9 Å². The van der Waals surface area contributed by atoms with Gasteiger partial charge in [-0.05, 0) is 36.8 Å². The summed E-state index contributed by atoms with van der Waals surface area (Å²) in [5, 5.41) is 1.00. The van der Waals surface area contributed by atoms with Gasteiger partial charge in [-0.1, -0.05) is 12.1 Å². The third-order valence-corrected chi connectivity index (χ3v) is 5.37. The van der Waals surface area contributed by atoms with E-state index < -0.39 is 28.9 Å². The second kappa shape index (κ2) is 7.85. The standard InChI is InChI=1S/C22H20F3N3O2/c1-13-12-18(26-21-14(13)4-3-5-17(21)30-2)27-8-10-28(11-9-27)22(29)15-6-7-16(23)20(25)19(15)24/h3-7,12H,8-11H2,1-2H3. The topological polar surface area (TPSA) is 45.7 Å². The molecule has 1 aliphatic heterocycles. The number of benzene rings is 2. The number of hydrogen-bond acceptors (Lipinski definition) is 4. The first-order chi connectivity index (χ1) is 14.4. The van der Waals surface area contributed by atoms with Crippen molar-refractivity contribution in [2.75, 3.05) is 38.2 Å². The first-order valence-corrected chi connectivity index (χ1v) is 9.52. The molecule has 1 aromatic heterocycles. The smallest absolute Gasteiger partial charge is 0.257 e. The lowest BCUT2D eigenvalue weighted by atomic mass is 10.1. The van der Waals surface area contributed by atoms with Gasteiger partial charge in [0.25, 0.3) is 5.91 Å². The number of fused-ring (bicyclic) bond motifs is 1. The summed E-state index contributed by atoms with van der Waals surface area (Å²) in [4.78, 5) is 20.8. The van der Waals surface area contributed by atoms with E-state index in [9.17, 15) is 18.0 Å². The second-order valence-corrected chi connectivity index (χ2v) is 7.16. The van der Waals surface area contributed by atoms with Gasteiger partial charge in [0.05, 0.1) is 12.7 Å². The number of para-hydroxylation sites is 1. The normalized spacial score (nSPS) is 14.3. The molecule has 1 saturated heterocycles. The number of nitrogens with zero attached hydrogens (tertiary/aromatic N) is 3.